The number of hydrogen-bond donors (Lipinski definition) is 0. The van der Waals surface area contributed by atoms with E-state index in [2.05, 4.69) is 16.7 Å². The number of thioether (sulfide) groups is 1. The van der Waals surface area contributed by atoms with Crippen LogP contribution in [0, 0.1) is 5.41 Å². The van der Waals surface area contributed by atoms with Crippen LogP contribution >= 0.6 is 11.8 Å². The maximum atomic E-state index is 15.2. The van der Waals surface area contributed by atoms with Crippen molar-refractivity contribution >= 4 is 45.3 Å². The Morgan fingerprint density at radius 3 is 2.64 bits per heavy atom. The highest BCUT2D eigenvalue weighted by atomic mass is 32.2. The molecule has 0 radical (unpaired) electrons. The van der Waals surface area contributed by atoms with Crippen LogP contribution < -0.4 is 10.6 Å². The van der Waals surface area contributed by atoms with E-state index >= 15 is 13.2 Å². The summed E-state index contributed by atoms with van der Waals surface area (Å²) in [6.07, 6.45) is -1.82. The van der Waals surface area contributed by atoms with E-state index in [1.54, 1.807) is 39.5 Å². The number of carbonyl (C=O) groups is 1. The van der Waals surface area contributed by atoms with Crippen molar-refractivity contribution in [2.45, 2.75) is 43.5 Å². The van der Waals surface area contributed by atoms with Crippen LogP contribution in [0.2, 0.25) is 0 Å². The first-order chi connectivity index (χ1) is 20.9. The fraction of sp³-hybridized carbons (Fsp3) is 0.419. The number of anilines is 1. The van der Waals surface area contributed by atoms with Crippen molar-refractivity contribution in [3.05, 3.63) is 59.2 Å². The van der Waals surface area contributed by atoms with Crippen molar-refractivity contribution in [3.8, 4) is 11.1 Å². The van der Waals surface area contributed by atoms with Gasteiger partial charge in [-0.15, -0.1) is 11.8 Å². The predicted octanol–water partition coefficient (Wildman–Crippen LogP) is 4.70. The highest BCUT2D eigenvalue weighted by molar-refractivity contribution is 7.99. The third-order valence-corrected chi connectivity index (χ3v) is 10.5. The molecule has 2 aromatic carbocycles. The lowest BCUT2D eigenvalue weighted by Crippen LogP contribution is -2.58. The summed E-state index contributed by atoms with van der Waals surface area (Å²) in [5.74, 6) is 0.470. The Hall–Kier alpha value is -3.84. The van der Waals surface area contributed by atoms with Crippen molar-refractivity contribution in [2.75, 3.05) is 37.0 Å². The highest BCUT2D eigenvalue weighted by Crippen LogP contribution is 2.52. The normalized spacial score (nSPS) is 21.5. The summed E-state index contributed by atoms with van der Waals surface area (Å²) in [6.45, 7) is 9.07. The van der Waals surface area contributed by atoms with E-state index in [0.29, 0.717) is 60.1 Å². The third-order valence-electron chi connectivity index (χ3n) is 9.08. The summed E-state index contributed by atoms with van der Waals surface area (Å²) in [5.41, 5.74) is -0.247. The van der Waals surface area contributed by atoms with Crippen LogP contribution in [0.3, 0.4) is 0 Å². The van der Waals surface area contributed by atoms with Crippen LogP contribution in [0.15, 0.2) is 52.8 Å². The molecule has 0 unspecified atom stereocenters. The number of aryl methyl sites for hydroxylation is 1. The molecule has 2 saturated heterocycles. The van der Waals surface area contributed by atoms with Gasteiger partial charge < -0.3 is 14.5 Å². The van der Waals surface area contributed by atoms with Crippen molar-refractivity contribution in [1.29, 1.82) is 0 Å². The summed E-state index contributed by atoms with van der Waals surface area (Å²) >= 11 is 1.35. The number of alkyl halides is 3. The van der Waals surface area contributed by atoms with Gasteiger partial charge in [-0.1, -0.05) is 24.8 Å². The first kappa shape index (κ1) is 28.9. The zero-order chi connectivity index (χ0) is 31.1. The number of nitrogens with zero attached hydrogens (tertiary/aromatic N) is 6. The maximum Gasteiger partial charge on any atom is 0.417 e. The monoisotopic (exact) mass is 624 g/mol. The van der Waals surface area contributed by atoms with Crippen LogP contribution in [-0.4, -0.2) is 74.3 Å². The molecule has 1 spiro atoms. The second kappa shape index (κ2) is 10.1. The van der Waals surface area contributed by atoms with Crippen molar-refractivity contribution in [2.24, 2.45) is 12.5 Å². The van der Waals surface area contributed by atoms with Gasteiger partial charge in [-0.2, -0.15) is 23.3 Å². The third kappa shape index (κ3) is 4.34. The van der Waals surface area contributed by atoms with Crippen molar-refractivity contribution in [3.63, 3.8) is 0 Å². The summed E-state index contributed by atoms with van der Waals surface area (Å²) in [5, 5.41) is 5.30. The highest BCUT2D eigenvalue weighted by Gasteiger charge is 2.45. The Bertz CT molecular complexity index is 1910. The fourth-order valence-electron chi connectivity index (χ4n) is 6.84. The molecule has 0 saturated carbocycles. The van der Waals surface area contributed by atoms with Gasteiger partial charge in [-0.3, -0.25) is 14.0 Å². The van der Waals surface area contributed by atoms with E-state index in [-0.39, 0.29) is 34.8 Å². The number of aromatic nitrogens is 4. The quantitative estimate of drug-likeness (QED) is 0.306. The molecule has 2 fully saturated rings. The van der Waals surface area contributed by atoms with Gasteiger partial charge in [0, 0.05) is 76.7 Å². The average Bonchev–Trinajstić information content (AvgIpc) is 3.24. The number of fused-ring (bicyclic) bond motifs is 1. The van der Waals surface area contributed by atoms with Crippen LogP contribution in [0.4, 0.5) is 19.0 Å². The molecule has 44 heavy (non-hydrogen) atoms. The molecule has 7 rings (SSSR count). The smallest absolute Gasteiger partial charge is 0.380 e. The molecule has 0 aliphatic carbocycles. The first-order valence-corrected chi connectivity index (χ1v) is 15.4. The second-order valence-corrected chi connectivity index (χ2v) is 13.2. The lowest BCUT2D eigenvalue weighted by Gasteiger charge is -2.44. The molecular formula is C31H31F3N6O3S. The number of piperazine rings is 1. The molecular weight excluding hydrogens is 593 g/mol. The number of amides is 1. The van der Waals surface area contributed by atoms with Gasteiger partial charge in [0.05, 0.1) is 36.0 Å². The van der Waals surface area contributed by atoms with E-state index in [1.165, 1.54) is 17.8 Å². The number of benzene rings is 2. The number of para-hydroxylation sites is 1. The van der Waals surface area contributed by atoms with Gasteiger partial charge in [0.15, 0.2) is 0 Å². The number of halogens is 3. The molecule has 2 aromatic heterocycles. The molecule has 13 heteroatoms. The fourth-order valence-corrected chi connectivity index (χ4v) is 8.27. The van der Waals surface area contributed by atoms with Gasteiger partial charge in [-0.05, 0) is 26.0 Å². The molecule has 230 valence electrons. The van der Waals surface area contributed by atoms with E-state index in [4.69, 9.17) is 4.74 Å². The topological polar surface area (TPSA) is 85.5 Å². The van der Waals surface area contributed by atoms with Crippen molar-refractivity contribution < 1.29 is 22.7 Å². The lowest BCUT2D eigenvalue weighted by molar-refractivity contribution is -0.137. The molecule has 5 heterocycles. The van der Waals surface area contributed by atoms with E-state index in [0.717, 1.165) is 11.5 Å². The maximum absolute atomic E-state index is 15.2. The van der Waals surface area contributed by atoms with E-state index in [9.17, 15) is 9.59 Å². The predicted molar refractivity (Wildman–Crippen MR) is 163 cm³/mol. The molecule has 9 nitrogen and oxygen atoms in total. The zero-order valence-electron chi connectivity index (χ0n) is 24.5. The Morgan fingerprint density at radius 1 is 1.18 bits per heavy atom. The Kier molecular flexibility index (Phi) is 6.63. The number of hydrogen-bond acceptors (Lipinski definition) is 7. The molecule has 3 aliphatic heterocycles. The minimum absolute atomic E-state index is 0.0367. The largest absolute Gasteiger partial charge is 0.417 e. The van der Waals surface area contributed by atoms with E-state index in [1.807, 2.05) is 24.8 Å². The summed E-state index contributed by atoms with van der Waals surface area (Å²) in [4.78, 5) is 34.8. The van der Waals surface area contributed by atoms with Gasteiger partial charge in [0.25, 0.3) is 0 Å². The summed E-state index contributed by atoms with van der Waals surface area (Å²) < 4.78 is 54.3. The Morgan fingerprint density at radius 2 is 1.95 bits per heavy atom. The van der Waals surface area contributed by atoms with Crippen LogP contribution in [0.25, 0.3) is 32.9 Å². The Balaban J connectivity index is 1.55. The molecule has 0 N–H and O–H groups in total. The number of rotatable bonds is 3. The molecule has 2 atom stereocenters. The molecule has 1 amide bonds. The standard InChI is InChI=1S/C31H31F3N6O3S/c1-5-23(41)38-11-18(3)39(12-17(38)2)28-21-9-22(31(32,33)34)24(20-8-6-7-19-10-35-37(4)25(19)20)27-26(21)40(29(42)36-28)13-30(16-44-27)14-43-15-30/h5-10,17-18H,1,11-16H2,2-4H3/t17-,18+/m1/s1. The van der Waals surface area contributed by atoms with Gasteiger partial charge in [-0.25, -0.2) is 4.79 Å². The average molecular weight is 625 g/mol. The SMILES string of the molecule is C=CC(=O)N1C[C@H](C)N(c2nc(=O)n3c4c(c(-c5cccc6cnn(C)c56)c(C(F)(F)F)cc24)SCC2(COC2)C3)C[C@H]1C. The lowest BCUT2D eigenvalue weighted by atomic mass is 9.88. The van der Waals surface area contributed by atoms with Crippen molar-refractivity contribution in [1.82, 2.24) is 24.2 Å². The minimum Gasteiger partial charge on any atom is -0.380 e. The second-order valence-electron chi connectivity index (χ2n) is 12.2. The number of carbonyl (C=O) groups excluding carboxylic acids is 1. The van der Waals surface area contributed by atoms with Crippen LogP contribution in [0.1, 0.15) is 19.4 Å². The summed E-state index contributed by atoms with van der Waals surface area (Å²) in [7, 11) is 1.71. The molecule has 0 bridgehead atoms. The summed E-state index contributed by atoms with van der Waals surface area (Å²) in [6, 6.07) is 5.82. The molecule has 4 aromatic rings. The van der Waals surface area contributed by atoms with Gasteiger partial charge >= 0.3 is 11.9 Å². The van der Waals surface area contributed by atoms with Gasteiger partial charge in [0.1, 0.15) is 5.82 Å². The van der Waals surface area contributed by atoms with E-state index < -0.39 is 22.8 Å². The minimum atomic E-state index is -4.71. The van der Waals surface area contributed by atoms with Gasteiger partial charge in [0.2, 0.25) is 5.91 Å². The van der Waals surface area contributed by atoms with Crippen LogP contribution in [-0.2, 0) is 29.3 Å². The zero-order valence-corrected chi connectivity index (χ0v) is 25.3. The van der Waals surface area contributed by atoms with Crippen LogP contribution in [0.5, 0.6) is 0 Å². The number of ether oxygens (including phenoxy) is 1. The Labute approximate surface area is 255 Å². The molecule has 3 aliphatic rings. The first-order valence-electron chi connectivity index (χ1n) is 14.4.